The summed E-state index contributed by atoms with van der Waals surface area (Å²) >= 11 is 1.33. The Hall–Kier alpha value is -2.41. The topological polar surface area (TPSA) is 88.5 Å². The summed E-state index contributed by atoms with van der Waals surface area (Å²) < 4.78 is 5.59. The SMILES string of the molecule is CCC(NC(=O)c1csc(-c2ccc(OC(C)C)cc2)n1)C(=O)O. The van der Waals surface area contributed by atoms with E-state index in [2.05, 4.69) is 10.3 Å². The van der Waals surface area contributed by atoms with Gasteiger partial charge >= 0.3 is 5.97 Å². The lowest BCUT2D eigenvalue weighted by molar-refractivity contribution is -0.139. The van der Waals surface area contributed by atoms with Crippen molar-refractivity contribution >= 4 is 23.2 Å². The average Bonchev–Trinajstić information content (AvgIpc) is 3.02. The molecule has 0 spiro atoms. The Morgan fingerprint density at radius 1 is 1.29 bits per heavy atom. The Balaban J connectivity index is 2.09. The van der Waals surface area contributed by atoms with Gasteiger partial charge in [-0.2, -0.15) is 0 Å². The molecule has 0 saturated carbocycles. The lowest BCUT2D eigenvalue weighted by Gasteiger charge is -2.10. The van der Waals surface area contributed by atoms with Gasteiger partial charge in [-0.25, -0.2) is 9.78 Å². The zero-order valence-electron chi connectivity index (χ0n) is 13.8. The number of nitrogens with zero attached hydrogens (tertiary/aromatic N) is 1. The molecule has 0 fully saturated rings. The van der Waals surface area contributed by atoms with Crippen molar-refractivity contribution in [3.8, 4) is 16.3 Å². The summed E-state index contributed by atoms with van der Waals surface area (Å²) in [5.74, 6) is -0.760. The molecule has 0 aliphatic carbocycles. The van der Waals surface area contributed by atoms with Gasteiger partial charge in [-0.15, -0.1) is 11.3 Å². The van der Waals surface area contributed by atoms with Gasteiger partial charge in [0.2, 0.25) is 0 Å². The summed E-state index contributed by atoms with van der Waals surface area (Å²) in [6, 6.07) is 6.56. The molecule has 128 valence electrons. The summed E-state index contributed by atoms with van der Waals surface area (Å²) in [4.78, 5) is 27.4. The van der Waals surface area contributed by atoms with Crippen LogP contribution >= 0.6 is 11.3 Å². The minimum absolute atomic E-state index is 0.103. The molecule has 1 heterocycles. The zero-order chi connectivity index (χ0) is 17.7. The molecular weight excluding hydrogens is 328 g/mol. The van der Waals surface area contributed by atoms with Crippen LogP contribution in [0.3, 0.4) is 0 Å². The van der Waals surface area contributed by atoms with Crippen LogP contribution in [-0.4, -0.2) is 34.1 Å². The molecule has 1 unspecified atom stereocenters. The first-order chi connectivity index (χ1) is 11.4. The van der Waals surface area contributed by atoms with Crippen LogP contribution in [-0.2, 0) is 4.79 Å². The number of carbonyl (C=O) groups excluding carboxylic acids is 1. The van der Waals surface area contributed by atoms with E-state index >= 15 is 0 Å². The number of aromatic nitrogens is 1. The minimum atomic E-state index is -1.05. The fourth-order valence-corrected chi connectivity index (χ4v) is 2.84. The first kappa shape index (κ1) is 17.9. The van der Waals surface area contributed by atoms with Crippen LogP contribution in [0.4, 0.5) is 0 Å². The van der Waals surface area contributed by atoms with Gasteiger partial charge in [-0.3, -0.25) is 4.79 Å². The molecule has 1 aromatic carbocycles. The molecule has 0 bridgehead atoms. The minimum Gasteiger partial charge on any atom is -0.491 e. The molecule has 2 rings (SSSR count). The maximum atomic E-state index is 12.1. The zero-order valence-corrected chi connectivity index (χ0v) is 14.6. The van der Waals surface area contributed by atoms with Gasteiger partial charge in [-0.05, 0) is 44.5 Å². The van der Waals surface area contributed by atoms with E-state index < -0.39 is 17.9 Å². The molecule has 7 heteroatoms. The predicted octanol–water partition coefficient (Wildman–Crippen LogP) is 3.19. The van der Waals surface area contributed by atoms with Crippen LogP contribution in [0.1, 0.15) is 37.7 Å². The second-order valence-electron chi connectivity index (χ2n) is 5.50. The number of benzene rings is 1. The second kappa shape index (κ2) is 7.92. The summed E-state index contributed by atoms with van der Waals surface area (Å²) in [6.07, 6.45) is 0.418. The van der Waals surface area contributed by atoms with E-state index in [1.165, 1.54) is 11.3 Å². The van der Waals surface area contributed by atoms with Gasteiger partial charge in [0, 0.05) is 10.9 Å². The van der Waals surface area contributed by atoms with Crippen molar-refractivity contribution in [2.45, 2.75) is 39.3 Å². The maximum Gasteiger partial charge on any atom is 0.326 e. The maximum absolute atomic E-state index is 12.1. The van der Waals surface area contributed by atoms with E-state index in [4.69, 9.17) is 9.84 Å². The highest BCUT2D eigenvalue weighted by Gasteiger charge is 2.20. The number of amides is 1. The molecule has 0 radical (unpaired) electrons. The summed E-state index contributed by atoms with van der Waals surface area (Å²) in [5, 5.41) is 13.8. The molecular formula is C17H20N2O4S. The highest BCUT2D eigenvalue weighted by molar-refractivity contribution is 7.13. The third-order valence-corrected chi connectivity index (χ3v) is 4.11. The number of aliphatic carboxylic acids is 1. The number of rotatable bonds is 7. The highest BCUT2D eigenvalue weighted by atomic mass is 32.1. The Kier molecular flexibility index (Phi) is 5.92. The summed E-state index contributed by atoms with van der Waals surface area (Å²) in [6.45, 7) is 5.62. The Morgan fingerprint density at radius 2 is 1.96 bits per heavy atom. The number of carboxylic acid groups (broad SMARTS) is 1. The van der Waals surface area contributed by atoms with Crippen molar-refractivity contribution < 1.29 is 19.4 Å². The van der Waals surface area contributed by atoms with Gasteiger partial charge in [0.1, 0.15) is 22.5 Å². The third-order valence-electron chi connectivity index (χ3n) is 3.22. The molecule has 1 amide bonds. The fraction of sp³-hybridized carbons (Fsp3) is 0.353. The van der Waals surface area contributed by atoms with E-state index in [1.54, 1.807) is 12.3 Å². The molecule has 6 nitrogen and oxygen atoms in total. The number of ether oxygens (including phenoxy) is 1. The van der Waals surface area contributed by atoms with E-state index in [9.17, 15) is 9.59 Å². The average molecular weight is 348 g/mol. The Morgan fingerprint density at radius 3 is 2.50 bits per heavy atom. The monoisotopic (exact) mass is 348 g/mol. The predicted molar refractivity (Wildman–Crippen MR) is 92.5 cm³/mol. The number of carbonyl (C=O) groups is 2. The van der Waals surface area contributed by atoms with Crippen LogP contribution < -0.4 is 10.1 Å². The largest absolute Gasteiger partial charge is 0.491 e. The molecule has 0 aliphatic heterocycles. The molecule has 0 saturated heterocycles. The lowest BCUT2D eigenvalue weighted by atomic mass is 10.2. The Labute approximate surface area is 144 Å². The van der Waals surface area contributed by atoms with Crippen LogP contribution in [0.25, 0.3) is 10.6 Å². The summed E-state index contributed by atoms with van der Waals surface area (Å²) in [5.41, 5.74) is 1.10. The first-order valence-corrected chi connectivity index (χ1v) is 8.55. The van der Waals surface area contributed by atoms with Gasteiger partial charge in [0.25, 0.3) is 5.91 Å². The normalized spacial score (nSPS) is 12.0. The van der Waals surface area contributed by atoms with Crippen LogP contribution in [0.15, 0.2) is 29.6 Å². The van der Waals surface area contributed by atoms with Crippen molar-refractivity contribution in [3.05, 3.63) is 35.3 Å². The Bertz CT molecular complexity index is 710. The molecule has 1 aromatic heterocycles. The van der Waals surface area contributed by atoms with Gasteiger partial charge in [0.15, 0.2) is 0 Å². The van der Waals surface area contributed by atoms with E-state index in [-0.39, 0.29) is 11.8 Å². The van der Waals surface area contributed by atoms with E-state index in [1.807, 2.05) is 38.1 Å². The van der Waals surface area contributed by atoms with Gasteiger partial charge in [-0.1, -0.05) is 6.92 Å². The molecule has 1 atom stereocenters. The van der Waals surface area contributed by atoms with Crippen molar-refractivity contribution in [3.63, 3.8) is 0 Å². The van der Waals surface area contributed by atoms with Gasteiger partial charge < -0.3 is 15.2 Å². The number of carboxylic acids is 1. The molecule has 2 aromatic rings. The summed E-state index contributed by atoms with van der Waals surface area (Å²) in [7, 11) is 0. The number of hydrogen-bond donors (Lipinski definition) is 2. The van der Waals surface area contributed by atoms with Crippen molar-refractivity contribution in [2.24, 2.45) is 0 Å². The lowest BCUT2D eigenvalue weighted by Crippen LogP contribution is -2.40. The van der Waals surface area contributed by atoms with Crippen molar-refractivity contribution in [2.75, 3.05) is 0 Å². The number of hydrogen-bond acceptors (Lipinski definition) is 5. The van der Waals surface area contributed by atoms with Gasteiger partial charge in [0.05, 0.1) is 6.10 Å². The van der Waals surface area contributed by atoms with E-state index in [0.717, 1.165) is 11.3 Å². The van der Waals surface area contributed by atoms with Crippen molar-refractivity contribution in [1.82, 2.24) is 10.3 Å². The van der Waals surface area contributed by atoms with Crippen LogP contribution in [0.2, 0.25) is 0 Å². The second-order valence-corrected chi connectivity index (χ2v) is 6.36. The van der Waals surface area contributed by atoms with E-state index in [0.29, 0.717) is 11.4 Å². The molecule has 2 N–H and O–H groups in total. The fourth-order valence-electron chi connectivity index (χ4n) is 2.03. The molecule has 0 aliphatic rings. The smallest absolute Gasteiger partial charge is 0.326 e. The quantitative estimate of drug-likeness (QED) is 0.802. The number of nitrogens with one attached hydrogen (secondary N) is 1. The highest BCUT2D eigenvalue weighted by Crippen LogP contribution is 2.26. The van der Waals surface area contributed by atoms with Crippen molar-refractivity contribution in [1.29, 1.82) is 0 Å². The molecule has 24 heavy (non-hydrogen) atoms. The number of thiazole rings is 1. The third kappa shape index (κ3) is 4.55. The first-order valence-electron chi connectivity index (χ1n) is 7.67. The van der Waals surface area contributed by atoms with Crippen LogP contribution in [0, 0.1) is 0 Å². The van der Waals surface area contributed by atoms with Crippen LogP contribution in [0.5, 0.6) is 5.75 Å². The standard InChI is InChI=1S/C17H20N2O4S/c1-4-13(17(21)22)18-15(20)14-9-24-16(19-14)11-5-7-12(8-6-11)23-10(2)3/h5-10,13H,4H2,1-3H3,(H,18,20)(H,21,22).